The second-order valence-electron chi connectivity index (χ2n) is 8.45. The molecular formula is C25H30BrN3O4. The highest BCUT2D eigenvalue weighted by atomic mass is 79.9. The fourth-order valence-corrected chi connectivity index (χ4v) is 4.57. The van der Waals surface area contributed by atoms with Gasteiger partial charge in [-0.3, -0.25) is 10.2 Å². The number of aliphatic hydroxyl groups excluding tert-OH is 1. The summed E-state index contributed by atoms with van der Waals surface area (Å²) in [6.07, 6.45) is 2.71. The average molecular weight is 516 g/mol. The van der Waals surface area contributed by atoms with E-state index < -0.39 is 11.6 Å². The molecule has 0 saturated carbocycles. The van der Waals surface area contributed by atoms with E-state index in [1.807, 2.05) is 60.5 Å². The van der Waals surface area contributed by atoms with Crippen LogP contribution in [0.15, 0.2) is 58.0 Å². The number of hydrogen-bond donors (Lipinski definition) is 2. The first-order valence-corrected chi connectivity index (χ1v) is 12.2. The Bertz CT molecular complexity index is 991. The predicted molar refractivity (Wildman–Crippen MR) is 130 cm³/mol. The first kappa shape index (κ1) is 23.7. The summed E-state index contributed by atoms with van der Waals surface area (Å²) in [6.45, 7) is 4.15. The van der Waals surface area contributed by atoms with Crippen LogP contribution in [-0.2, 0) is 16.0 Å². The number of ether oxygens (including phenoxy) is 2. The van der Waals surface area contributed by atoms with Crippen LogP contribution in [0.2, 0.25) is 0 Å². The van der Waals surface area contributed by atoms with Gasteiger partial charge >= 0.3 is 0 Å². The lowest BCUT2D eigenvalue weighted by molar-refractivity contribution is -0.133. The highest BCUT2D eigenvalue weighted by molar-refractivity contribution is 9.10. The van der Waals surface area contributed by atoms with Gasteiger partial charge in [-0.05, 0) is 55.7 Å². The first-order chi connectivity index (χ1) is 16.0. The molecule has 2 atom stereocenters. The number of carbonyl (C=O) groups is 1. The Morgan fingerprint density at radius 1 is 1.24 bits per heavy atom. The molecule has 2 aromatic rings. The van der Waals surface area contributed by atoms with Crippen LogP contribution in [-0.4, -0.2) is 59.9 Å². The molecule has 8 heteroatoms. The molecule has 7 nitrogen and oxygen atoms in total. The zero-order valence-corrected chi connectivity index (χ0v) is 20.4. The van der Waals surface area contributed by atoms with Gasteiger partial charge in [0.1, 0.15) is 11.9 Å². The Balaban J connectivity index is 1.62. The van der Waals surface area contributed by atoms with Crippen LogP contribution in [0.3, 0.4) is 0 Å². The zero-order valence-electron chi connectivity index (χ0n) is 18.8. The summed E-state index contributed by atoms with van der Waals surface area (Å²) in [5.74, 6) is 1.02. The molecule has 2 heterocycles. The quantitative estimate of drug-likeness (QED) is 0.499. The highest BCUT2D eigenvalue weighted by Gasteiger charge is 2.51. The van der Waals surface area contributed by atoms with Crippen molar-refractivity contribution in [2.45, 2.75) is 44.2 Å². The summed E-state index contributed by atoms with van der Waals surface area (Å²) in [5, 5.41) is 10.9. The van der Waals surface area contributed by atoms with Gasteiger partial charge in [-0.15, -0.1) is 0 Å². The van der Waals surface area contributed by atoms with Gasteiger partial charge in [0.25, 0.3) is 5.91 Å². The van der Waals surface area contributed by atoms with Crippen molar-refractivity contribution in [3.8, 4) is 5.75 Å². The standard InChI is InChI=1S/C25H30BrN3O4/c1-18-25(17-20-7-2-3-8-22(20)26,24(31)28-29-13-4-5-14-29)27-23(33-18)19-9-11-21(12-10-19)32-16-6-15-30/h2-3,7-12,18,30H,4-6,13-17H2,1H3,(H,28,31)/t18-,25-/m0/s1. The van der Waals surface area contributed by atoms with Gasteiger partial charge in [0, 0.05) is 42.6 Å². The number of hydrogen-bond acceptors (Lipinski definition) is 6. The summed E-state index contributed by atoms with van der Waals surface area (Å²) in [7, 11) is 0. The van der Waals surface area contributed by atoms with E-state index in [0.717, 1.165) is 41.5 Å². The molecule has 0 unspecified atom stereocenters. The van der Waals surface area contributed by atoms with Gasteiger partial charge in [0.15, 0.2) is 5.54 Å². The second-order valence-corrected chi connectivity index (χ2v) is 9.31. The first-order valence-electron chi connectivity index (χ1n) is 11.4. The predicted octanol–water partition coefficient (Wildman–Crippen LogP) is 3.48. The lowest BCUT2D eigenvalue weighted by Gasteiger charge is -2.30. The minimum absolute atomic E-state index is 0.0969. The zero-order chi connectivity index (χ0) is 23.3. The van der Waals surface area contributed by atoms with E-state index in [2.05, 4.69) is 21.4 Å². The summed E-state index contributed by atoms with van der Waals surface area (Å²) in [5.41, 5.74) is 3.80. The molecule has 33 heavy (non-hydrogen) atoms. The van der Waals surface area contributed by atoms with Crippen molar-refractivity contribution >= 4 is 27.7 Å². The lowest BCUT2D eigenvalue weighted by atomic mass is 9.86. The topological polar surface area (TPSA) is 83.4 Å². The number of rotatable bonds is 9. The van der Waals surface area contributed by atoms with Gasteiger partial charge in [-0.25, -0.2) is 10.0 Å². The number of aliphatic hydroxyl groups is 1. The molecule has 0 aromatic heterocycles. The summed E-state index contributed by atoms with van der Waals surface area (Å²) >= 11 is 3.62. The molecule has 1 saturated heterocycles. The smallest absolute Gasteiger partial charge is 0.266 e. The molecule has 0 bridgehead atoms. The summed E-state index contributed by atoms with van der Waals surface area (Å²) < 4.78 is 12.7. The molecule has 0 aliphatic carbocycles. The number of carbonyl (C=O) groups excluding carboxylic acids is 1. The third-order valence-corrected chi connectivity index (χ3v) is 6.88. The van der Waals surface area contributed by atoms with Crippen molar-refractivity contribution in [2.24, 2.45) is 4.99 Å². The Hall–Kier alpha value is -2.42. The third-order valence-electron chi connectivity index (χ3n) is 6.11. The van der Waals surface area contributed by atoms with Crippen LogP contribution in [0.25, 0.3) is 0 Å². The van der Waals surface area contributed by atoms with E-state index in [9.17, 15) is 4.79 Å². The van der Waals surface area contributed by atoms with E-state index in [1.54, 1.807) is 0 Å². The van der Waals surface area contributed by atoms with Gasteiger partial charge in [-0.1, -0.05) is 34.1 Å². The van der Waals surface area contributed by atoms with Gasteiger partial charge in [0.2, 0.25) is 5.90 Å². The fourth-order valence-electron chi connectivity index (χ4n) is 4.14. The molecule has 1 amide bonds. The summed E-state index contributed by atoms with van der Waals surface area (Å²) in [6, 6.07) is 15.4. The van der Waals surface area contributed by atoms with Crippen LogP contribution < -0.4 is 10.2 Å². The molecule has 2 aliphatic rings. The van der Waals surface area contributed by atoms with Crippen LogP contribution in [0.5, 0.6) is 5.75 Å². The van der Waals surface area contributed by atoms with Crippen molar-refractivity contribution in [3.05, 3.63) is 64.1 Å². The van der Waals surface area contributed by atoms with Crippen molar-refractivity contribution in [1.29, 1.82) is 0 Å². The number of aliphatic imine (C=N–C) groups is 1. The molecule has 4 rings (SSSR count). The van der Waals surface area contributed by atoms with Crippen LogP contribution >= 0.6 is 15.9 Å². The summed E-state index contributed by atoms with van der Waals surface area (Å²) in [4.78, 5) is 18.5. The van der Waals surface area contributed by atoms with E-state index in [4.69, 9.17) is 19.6 Å². The maximum atomic E-state index is 13.6. The van der Waals surface area contributed by atoms with E-state index in [1.165, 1.54) is 0 Å². The van der Waals surface area contributed by atoms with Crippen molar-refractivity contribution in [3.63, 3.8) is 0 Å². The Labute approximate surface area is 202 Å². The largest absolute Gasteiger partial charge is 0.494 e. The molecule has 2 aromatic carbocycles. The minimum atomic E-state index is -1.09. The average Bonchev–Trinajstić information content (AvgIpc) is 3.44. The fraction of sp³-hybridized carbons (Fsp3) is 0.440. The molecule has 176 valence electrons. The van der Waals surface area contributed by atoms with Crippen molar-refractivity contribution in [1.82, 2.24) is 10.4 Å². The molecule has 2 N–H and O–H groups in total. The SMILES string of the molecule is C[C@@H]1OC(c2ccc(OCCCO)cc2)=N[C@]1(Cc1ccccc1Br)C(=O)NN1CCCC1. The maximum absolute atomic E-state index is 13.6. The number of nitrogens with one attached hydrogen (secondary N) is 1. The molecule has 0 radical (unpaired) electrons. The van der Waals surface area contributed by atoms with Crippen LogP contribution in [0, 0.1) is 0 Å². The number of halogens is 1. The minimum Gasteiger partial charge on any atom is -0.494 e. The van der Waals surface area contributed by atoms with Crippen molar-refractivity contribution < 1.29 is 19.4 Å². The number of hydrazine groups is 1. The maximum Gasteiger partial charge on any atom is 0.266 e. The second kappa shape index (κ2) is 10.7. The van der Waals surface area contributed by atoms with Gasteiger partial charge < -0.3 is 14.6 Å². The van der Waals surface area contributed by atoms with Crippen molar-refractivity contribution in [2.75, 3.05) is 26.3 Å². The lowest BCUT2D eigenvalue weighted by Crippen LogP contribution is -2.56. The van der Waals surface area contributed by atoms with Crippen LogP contribution in [0.1, 0.15) is 37.3 Å². The van der Waals surface area contributed by atoms with Crippen LogP contribution in [0.4, 0.5) is 0 Å². The highest BCUT2D eigenvalue weighted by Crippen LogP contribution is 2.34. The van der Waals surface area contributed by atoms with Gasteiger partial charge in [-0.2, -0.15) is 0 Å². The number of nitrogens with zero attached hydrogens (tertiary/aromatic N) is 2. The molecule has 0 spiro atoms. The van der Waals surface area contributed by atoms with Gasteiger partial charge in [0.05, 0.1) is 6.61 Å². The van der Waals surface area contributed by atoms with E-state index >= 15 is 0 Å². The normalized spacial score (nSPS) is 22.6. The van der Waals surface area contributed by atoms with E-state index in [-0.39, 0.29) is 12.5 Å². The molecule has 1 fully saturated rings. The third kappa shape index (κ3) is 5.39. The van der Waals surface area contributed by atoms with E-state index in [0.29, 0.717) is 31.1 Å². The Morgan fingerprint density at radius 3 is 2.67 bits per heavy atom. The Kier molecular flexibility index (Phi) is 7.67. The molecular weight excluding hydrogens is 486 g/mol. The Morgan fingerprint density at radius 2 is 1.97 bits per heavy atom. The monoisotopic (exact) mass is 515 g/mol. The number of benzene rings is 2. The molecule has 2 aliphatic heterocycles. The number of amides is 1.